The Labute approximate surface area is 228 Å². The Balaban J connectivity index is 1.85. The quantitative estimate of drug-likeness (QED) is 0.434. The van der Waals surface area contributed by atoms with Crippen molar-refractivity contribution in [2.24, 2.45) is 11.1 Å². The molecule has 3 aromatic rings. The van der Waals surface area contributed by atoms with Gasteiger partial charge in [-0.05, 0) is 42.1 Å². The minimum atomic E-state index is -0.463. The average molecular weight is 543 g/mol. The van der Waals surface area contributed by atoms with E-state index in [4.69, 9.17) is 32.2 Å². The number of urea groups is 1. The number of morpholine rings is 1. The lowest BCUT2D eigenvalue weighted by atomic mass is 9.84. The first kappa shape index (κ1) is 28.0. The van der Waals surface area contributed by atoms with Crippen molar-refractivity contribution in [3.8, 4) is 11.4 Å². The first-order valence-corrected chi connectivity index (χ1v) is 13.3. The molecular weight excluding hydrogens is 507 g/mol. The number of halogens is 2. The van der Waals surface area contributed by atoms with Gasteiger partial charge < -0.3 is 20.3 Å². The highest BCUT2D eigenvalue weighted by Gasteiger charge is 2.40. The molecule has 1 atom stereocenters. The largest absolute Gasteiger partial charge is 0.378 e. The summed E-state index contributed by atoms with van der Waals surface area (Å²) < 4.78 is 22.2. The summed E-state index contributed by atoms with van der Waals surface area (Å²) in [7, 11) is 0. The molecule has 1 aliphatic rings. The number of nitrogens with two attached hydrogens (primary N) is 1. The van der Waals surface area contributed by atoms with Crippen molar-refractivity contribution in [1.82, 2.24) is 24.6 Å². The Bertz CT molecular complexity index is 1220. The Kier molecular flexibility index (Phi) is 9.02. The summed E-state index contributed by atoms with van der Waals surface area (Å²) >= 11 is 6.20. The molecule has 0 radical (unpaired) electrons. The molecule has 1 aliphatic heterocycles. The van der Waals surface area contributed by atoms with Crippen LogP contribution in [-0.2, 0) is 11.3 Å². The van der Waals surface area contributed by atoms with Crippen LogP contribution in [0.4, 0.5) is 9.18 Å². The van der Waals surface area contributed by atoms with Crippen molar-refractivity contribution in [3.63, 3.8) is 0 Å². The predicted octanol–water partition coefficient (Wildman–Crippen LogP) is 4.98. The highest BCUT2D eigenvalue weighted by Crippen LogP contribution is 2.39. The number of carbonyl (C=O) groups excluding carboxylic acids is 1. The summed E-state index contributed by atoms with van der Waals surface area (Å²) in [6.07, 6.45) is 0.630. The lowest BCUT2D eigenvalue weighted by Gasteiger charge is -2.42. The lowest BCUT2D eigenvalue weighted by molar-refractivity contribution is 0.0281. The molecule has 1 aromatic heterocycles. The van der Waals surface area contributed by atoms with Crippen LogP contribution < -0.4 is 5.73 Å². The van der Waals surface area contributed by atoms with E-state index in [9.17, 15) is 9.18 Å². The van der Waals surface area contributed by atoms with Crippen LogP contribution in [0.5, 0.6) is 0 Å². The molecule has 0 unspecified atom stereocenters. The van der Waals surface area contributed by atoms with E-state index in [0.717, 1.165) is 5.56 Å². The highest BCUT2D eigenvalue weighted by atomic mass is 35.5. The second kappa shape index (κ2) is 12.2. The Morgan fingerprint density at radius 3 is 2.55 bits per heavy atom. The van der Waals surface area contributed by atoms with Gasteiger partial charge in [-0.3, -0.25) is 0 Å². The first-order valence-electron chi connectivity index (χ1n) is 13.0. The van der Waals surface area contributed by atoms with Gasteiger partial charge in [0, 0.05) is 24.7 Å². The van der Waals surface area contributed by atoms with Gasteiger partial charge in [0.2, 0.25) is 0 Å². The van der Waals surface area contributed by atoms with E-state index in [-0.39, 0.29) is 17.4 Å². The van der Waals surface area contributed by atoms with E-state index in [2.05, 4.69) is 20.8 Å². The Morgan fingerprint density at radius 2 is 1.89 bits per heavy atom. The van der Waals surface area contributed by atoms with E-state index in [1.54, 1.807) is 4.68 Å². The van der Waals surface area contributed by atoms with Gasteiger partial charge in [0.05, 0.1) is 31.4 Å². The molecule has 0 spiro atoms. The predicted molar refractivity (Wildman–Crippen MR) is 146 cm³/mol. The number of hydrogen-bond donors (Lipinski definition) is 1. The molecule has 8 nitrogen and oxygen atoms in total. The van der Waals surface area contributed by atoms with E-state index in [0.29, 0.717) is 63.2 Å². The zero-order chi connectivity index (χ0) is 27.3. The van der Waals surface area contributed by atoms with Gasteiger partial charge in [0.25, 0.3) is 0 Å². The van der Waals surface area contributed by atoms with Crippen molar-refractivity contribution in [3.05, 3.63) is 70.8 Å². The van der Waals surface area contributed by atoms with Gasteiger partial charge in [-0.1, -0.05) is 62.7 Å². The summed E-state index contributed by atoms with van der Waals surface area (Å²) in [6.45, 7) is 9.55. The van der Waals surface area contributed by atoms with Crippen LogP contribution in [-0.4, -0.2) is 70.0 Å². The van der Waals surface area contributed by atoms with Gasteiger partial charge in [-0.2, -0.15) is 5.10 Å². The van der Waals surface area contributed by atoms with Crippen LogP contribution in [0.2, 0.25) is 5.02 Å². The molecule has 2 heterocycles. The fourth-order valence-corrected chi connectivity index (χ4v) is 4.91. The maximum absolute atomic E-state index is 14.9. The second-order valence-corrected chi connectivity index (χ2v) is 11.0. The fourth-order valence-electron chi connectivity index (χ4n) is 4.74. The van der Waals surface area contributed by atoms with Gasteiger partial charge in [0.1, 0.15) is 5.82 Å². The fraction of sp³-hybridized carbons (Fsp3) is 0.464. The van der Waals surface area contributed by atoms with Crippen LogP contribution >= 0.6 is 11.6 Å². The summed E-state index contributed by atoms with van der Waals surface area (Å²) in [4.78, 5) is 22.5. The molecule has 1 saturated heterocycles. The number of amides is 2. The molecule has 0 bridgehead atoms. The first-order chi connectivity index (χ1) is 18.2. The van der Waals surface area contributed by atoms with Crippen LogP contribution in [0.1, 0.15) is 44.6 Å². The van der Waals surface area contributed by atoms with Crippen LogP contribution in [0.3, 0.4) is 0 Å². The number of benzene rings is 2. The minimum Gasteiger partial charge on any atom is -0.378 e. The maximum Gasteiger partial charge on any atom is 0.320 e. The molecule has 0 saturated carbocycles. The molecule has 204 valence electrons. The standard InChI is InChI=1S/C28H36ClFN6O2/c1-28(2,3)24(35(13-7-12-31)27(37)34-14-16-38-17-15-34)26-32-25(22-18-21(29)10-11-23(22)30)33-36(26)19-20-8-5-4-6-9-20/h4-6,8-11,18,24H,7,12-17,19,31H2,1-3H3/t24-/m0/s1. The zero-order valence-electron chi connectivity index (χ0n) is 22.2. The average Bonchev–Trinajstić information content (AvgIpc) is 3.30. The maximum atomic E-state index is 14.9. The molecule has 4 rings (SSSR count). The Morgan fingerprint density at radius 1 is 1.18 bits per heavy atom. The van der Waals surface area contributed by atoms with E-state index >= 15 is 0 Å². The van der Waals surface area contributed by atoms with Gasteiger partial charge in [0.15, 0.2) is 11.6 Å². The number of carbonyl (C=O) groups is 1. The molecule has 1 fully saturated rings. The molecule has 10 heteroatoms. The van der Waals surface area contributed by atoms with Crippen molar-refractivity contribution in [1.29, 1.82) is 0 Å². The lowest BCUT2D eigenvalue weighted by Crippen LogP contribution is -2.52. The number of hydrogen-bond acceptors (Lipinski definition) is 5. The molecule has 0 aliphatic carbocycles. The highest BCUT2D eigenvalue weighted by molar-refractivity contribution is 6.30. The molecule has 2 aromatic carbocycles. The summed E-state index contributed by atoms with van der Waals surface area (Å²) in [6, 6.07) is 13.7. The minimum absolute atomic E-state index is 0.0913. The van der Waals surface area contributed by atoms with E-state index < -0.39 is 17.3 Å². The number of aromatic nitrogens is 3. The van der Waals surface area contributed by atoms with Gasteiger partial charge in [-0.15, -0.1) is 0 Å². The van der Waals surface area contributed by atoms with Crippen LogP contribution in [0.15, 0.2) is 48.5 Å². The van der Waals surface area contributed by atoms with Crippen LogP contribution in [0, 0.1) is 11.2 Å². The normalized spacial score (nSPS) is 14.9. The van der Waals surface area contributed by atoms with Gasteiger partial charge in [-0.25, -0.2) is 18.9 Å². The van der Waals surface area contributed by atoms with Crippen molar-refractivity contribution >= 4 is 17.6 Å². The summed E-state index contributed by atoms with van der Waals surface area (Å²) in [5, 5.41) is 5.15. The molecule has 38 heavy (non-hydrogen) atoms. The molecule has 2 N–H and O–H groups in total. The van der Waals surface area contributed by atoms with E-state index in [1.165, 1.54) is 18.2 Å². The number of rotatable bonds is 8. The van der Waals surface area contributed by atoms with Crippen molar-refractivity contribution in [2.75, 3.05) is 39.4 Å². The topological polar surface area (TPSA) is 89.5 Å². The van der Waals surface area contributed by atoms with Crippen molar-refractivity contribution < 1.29 is 13.9 Å². The third-order valence-electron chi connectivity index (χ3n) is 6.55. The third-order valence-corrected chi connectivity index (χ3v) is 6.79. The van der Waals surface area contributed by atoms with Crippen molar-refractivity contribution in [2.45, 2.75) is 39.8 Å². The molecule has 2 amide bonds. The van der Waals surface area contributed by atoms with E-state index in [1.807, 2.05) is 40.1 Å². The monoisotopic (exact) mass is 542 g/mol. The zero-order valence-corrected chi connectivity index (χ0v) is 23.0. The van der Waals surface area contributed by atoms with Gasteiger partial charge >= 0.3 is 6.03 Å². The third kappa shape index (κ3) is 6.51. The SMILES string of the molecule is CC(C)(C)[C@H](c1nc(-c2cc(Cl)ccc2F)nn1Cc1ccccc1)N(CCCN)C(=O)N1CCOCC1. The smallest absolute Gasteiger partial charge is 0.320 e. The second-order valence-electron chi connectivity index (χ2n) is 10.5. The molecular formula is C28H36ClFN6O2. The summed E-state index contributed by atoms with van der Waals surface area (Å²) in [5.41, 5.74) is 6.68. The Hall–Kier alpha value is -3.01. The number of ether oxygens (including phenoxy) is 1. The van der Waals surface area contributed by atoms with Crippen LogP contribution in [0.25, 0.3) is 11.4 Å². The number of nitrogens with zero attached hydrogens (tertiary/aromatic N) is 5. The summed E-state index contributed by atoms with van der Waals surface area (Å²) in [5.74, 6) is 0.339.